The van der Waals surface area contributed by atoms with Crippen LogP contribution in [0.3, 0.4) is 0 Å². The Hall–Kier alpha value is -7.18. The molecule has 7 aromatic carbocycles. The van der Waals surface area contributed by atoms with Gasteiger partial charge in [-0.1, -0.05) is 120 Å². The van der Waals surface area contributed by atoms with Gasteiger partial charge in [0.25, 0.3) is 6.71 Å². The molecule has 65 heavy (non-hydrogen) atoms. The first kappa shape index (κ1) is 39.4. The van der Waals surface area contributed by atoms with Crippen LogP contribution in [-0.4, -0.2) is 6.71 Å². The third-order valence-electron chi connectivity index (χ3n) is 14.0. The summed E-state index contributed by atoms with van der Waals surface area (Å²) in [6, 6.07) is 48.9. The molecule has 0 fully saturated rings. The fourth-order valence-electron chi connectivity index (χ4n) is 10.7. The Balaban J connectivity index is 1.18. The average molecular weight is 847 g/mol. The van der Waals surface area contributed by atoms with Gasteiger partial charge < -0.3 is 18.2 Å². The lowest BCUT2D eigenvalue weighted by molar-refractivity contribution is 0.589. The Bertz CT molecular complexity index is 3570. The van der Waals surface area contributed by atoms with Gasteiger partial charge in [0, 0.05) is 55.5 Å². The molecule has 0 bridgehead atoms. The molecule has 0 atom stereocenters. The Morgan fingerprint density at radius 1 is 0.477 bits per heavy atom. The topological polar surface area (TPSA) is 45.9 Å². The average Bonchev–Trinajstić information content (AvgIpc) is 4.01. The lowest BCUT2D eigenvalue weighted by Crippen LogP contribution is -2.61. The van der Waals surface area contributed by atoms with Crippen molar-refractivity contribution in [1.82, 2.24) is 0 Å². The van der Waals surface area contributed by atoms with Crippen molar-refractivity contribution in [2.24, 2.45) is 0 Å². The molecule has 0 unspecified atom stereocenters. The Morgan fingerprint density at radius 3 is 1.74 bits per heavy atom. The molecule has 12 rings (SSSR count). The predicted molar refractivity (Wildman–Crippen MR) is 272 cm³/mol. The first-order valence-corrected chi connectivity index (χ1v) is 22.8. The molecule has 0 aliphatic carbocycles. The third-order valence-corrected chi connectivity index (χ3v) is 14.0. The zero-order valence-electron chi connectivity index (χ0n) is 38.6. The molecular weight excluding hydrogens is 795 g/mol. The van der Waals surface area contributed by atoms with Gasteiger partial charge in [0.15, 0.2) is 0 Å². The molecule has 6 heteroatoms. The SMILES string of the molecule is Cc1cc2c3c(c1)N(c1c(C)cc(C(C)(C)C)cc1C)c1oc4ccc(C(C)(C)C)cc4c1B3c1ccc(-c3coc4ccccc34)cc1N2c1cccc(-c2coc3ccccc23)c1. The molecule has 0 amide bonds. The van der Waals surface area contributed by atoms with E-state index in [9.17, 15) is 0 Å². The zero-order valence-corrected chi connectivity index (χ0v) is 38.6. The number of aryl methyl sites for hydroxylation is 3. The summed E-state index contributed by atoms with van der Waals surface area (Å²) in [6.45, 7) is 20.4. The van der Waals surface area contributed by atoms with Gasteiger partial charge in [0.05, 0.1) is 18.2 Å². The van der Waals surface area contributed by atoms with E-state index in [1.54, 1.807) is 0 Å². The summed E-state index contributed by atoms with van der Waals surface area (Å²) in [5.74, 6) is 0.882. The van der Waals surface area contributed by atoms with Gasteiger partial charge in [-0.2, -0.15) is 0 Å². The number of rotatable bonds is 4. The van der Waals surface area contributed by atoms with E-state index in [-0.39, 0.29) is 17.5 Å². The molecular formula is C59H51BN2O3. The molecule has 318 valence electrons. The highest BCUT2D eigenvalue weighted by molar-refractivity contribution is 7.01. The lowest BCUT2D eigenvalue weighted by Gasteiger charge is -2.43. The van der Waals surface area contributed by atoms with Crippen molar-refractivity contribution >= 4 is 90.3 Å². The Morgan fingerprint density at radius 2 is 1.09 bits per heavy atom. The highest BCUT2D eigenvalue weighted by Gasteiger charge is 2.47. The highest BCUT2D eigenvalue weighted by atomic mass is 16.4. The first-order valence-electron chi connectivity index (χ1n) is 22.8. The quantitative estimate of drug-likeness (QED) is 0.165. The van der Waals surface area contributed by atoms with E-state index >= 15 is 0 Å². The number of para-hydroxylation sites is 2. The van der Waals surface area contributed by atoms with Gasteiger partial charge in [0.1, 0.15) is 16.7 Å². The normalized spacial score (nSPS) is 13.5. The van der Waals surface area contributed by atoms with E-state index in [1.165, 1.54) is 44.2 Å². The van der Waals surface area contributed by atoms with Gasteiger partial charge in [-0.25, -0.2) is 0 Å². The second-order valence-corrected chi connectivity index (χ2v) is 20.4. The minimum absolute atomic E-state index is 0.000514. The predicted octanol–water partition coefficient (Wildman–Crippen LogP) is 14.9. The van der Waals surface area contributed by atoms with E-state index in [2.05, 4.69) is 181 Å². The summed E-state index contributed by atoms with van der Waals surface area (Å²) in [4.78, 5) is 4.96. The molecule has 0 saturated carbocycles. The van der Waals surface area contributed by atoms with Gasteiger partial charge >= 0.3 is 0 Å². The van der Waals surface area contributed by atoms with Crippen molar-refractivity contribution in [1.29, 1.82) is 0 Å². The van der Waals surface area contributed by atoms with Crippen LogP contribution >= 0.6 is 0 Å². The molecule has 10 aromatic rings. The number of benzene rings is 7. The summed E-state index contributed by atoms with van der Waals surface area (Å²) >= 11 is 0. The van der Waals surface area contributed by atoms with Gasteiger partial charge in [0.2, 0.25) is 5.88 Å². The summed E-state index contributed by atoms with van der Waals surface area (Å²) < 4.78 is 19.6. The van der Waals surface area contributed by atoms with E-state index in [0.717, 1.165) is 89.5 Å². The highest BCUT2D eigenvalue weighted by Crippen LogP contribution is 2.50. The number of nitrogens with zero attached hydrogens (tertiary/aromatic N) is 2. The molecule has 0 spiro atoms. The molecule has 0 N–H and O–H groups in total. The van der Waals surface area contributed by atoms with Crippen molar-refractivity contribution in [3.63, 3.8) is 0 Å². The molecule has 3 aromatic heterocycles. The van der Waals surface area contributed by atoms with Crippen molar-refractivity contribution in [2.45, 2.75) is 73.1 Å². The number of anilines is 6. The van der Waals surface area contributed by atoms with E-state index < -0.39 is 0 Å². The fourth-order valence-corrected chi connectivity index (χ4v) is 10.7. The third kappa shape index (κ3) is 5.99. The Labute approximate surface area is 381 Å². The molecule has 5 nitrogen and oxygen atoms in total. The summed E-state index contributed by atoms with van der Waals surface area (Å²) in [5.41, 5.74) is 22.5. The monoisotopic (exact) mass is 846 g/mol. The van der Waals surface area contributed by atoms with Crippen LogP contribution in [0.5, 0.6) is 0 Å². The van der Waals surface area contributed by atoms with Crippen molar-refractivity contribution in [3.8, 4) is 22.3 Å². The summed E-state index contributed by atoms with van der Waals surface area (Å²) in [5, 5.41) is 3.34. The van der Waals surface area contributed by atoms with Gasteiger partial charge in [-0.05, 0) is 136 Å². The van der Waals surface area contributed by atoms with Crippen molar-refractivity contribution in [3.05, 3.63) is 174 Å². The van der Waals surface area contributed by atoms with Crippen LogP contribution in [0.2, 0.25) is 0 Å². The minimum atomic E-state index is -0.125. The number of hydrogen-bond donors (Lipinski definition) is 0. The zero-order chi connectivity index (χ0) is 44.7. The van der Waals surface area contributed by atoms with Gasteiger partial charge in [-0.15, -0.1) is 0 Å². The maximum atomic E-state index is 7.27. The van der Waals surface area contributed by atoms with E-state index in [1.807, 2.05) is 36.8 Å². The number of furan rings is 3. The van der Waals surface area contributed by atoms with Crippen LogP contribution in [0.15, 0.2) is 159 Å². The van der Waals surface area contributed by atoms with Crippen LogP contribution < -0.4 is 26.2 Å². The second-order valence-electron chi connectivity index (χ2n) is 20.4. The minimum Gasteiger partial charge on any atom is -0.464 e. The maximum Gasteiger partial charge on any atom is 0.257 e. The first-order chi connectivity index (χ1) is 31.2. The summed E-state index contributed by atoms with van der Waals surface area (Å²) in [6.07, 6.45) is 3.80. The fraction of sp³-hybridized carbons (Fsp3) is 0.186. The molecule has 2 aliphatic rings. The molecule has 0 radical (unpaired) electrons. The number of hydrogen-bond acceptors (Lipinski definition) is 5. The van der Waals surface area contributed by atoms with Crippen LogP contribution in [0.4, 0.5) is 34.3 Å². The molecule has 0 saturated heterocycles. The van der Waals surface area contributed by atoms with Crippen molar-refractivity contribution < 1.29 is 13.3 Å². The lowest BCUT2D eigenvalue weighted by atomic mass is 9.33. The number of fused-ring (bicyclic) bond motifs is 8. The van der Waals surface area contributed by atoms with Crippen LogP contribution in [0.25, 0.3) is 55.2 Å². The standard InChI is InChI=1S/C59H51BN2O3/c1-34-25-49-55-50(26-34)62(56-35(2)27-40(28-36(56)3)59(7,8)9)57-54(44-31-39(58(4,5)6)22-24-53(44)65-57)60(55)47-23-21-38(46-33-64-52-20-13-11-18-43(46)52)30-48(47)61(49)41-16-14-15-37(29-41)45-32-63-51-19-12-10-17-42(45)51/h10-33H,1-9H3. The van der Waals surface area contributed by atoms with Gasteiger partial charge in [-0.3, -0.25) is 4.90 Å². The van der Waals surface area contributed by atoms with E-state index in [0.29, 0.717) is 0 Å². The molecule has 5 heterocycles. The summed E-state index contributed by atoms with van der Waals surface area (Å²) in [7, 11) is 0. The van der Waals surface area contributed by atoms with Crippen molar-refractivity contribution in [2.75, 3.05) is 9.80 Å². The van der Waals surface area contributed by atoms with Crippen LogP contribution in [0.1, 0.15) is 69.4 Å². The smallest absolute Gasteiger partial charge is 0.257 e. The second kappa shape index (κ2) is 13.9. The van der Waals surface area contributed by atoms with Crippen LogP contribution in [-0.2, 0) is 10.8 Å². The van der Waals surface area contributed by atoms with Crippen LogP contribution in [0, 0.1) is 20.8 Å². The maximum absolute atomic E-state index is 7.27. The largest absolute Gasteiger partial charge is 0.464 e. The molecule has 2 aliphatic heterocycles. The Kier molecular flexibility index (Phi) is 8.44. The van der Waals surface area contributed by atoms with E-state index in [4.69, 9.17) is 13.3 Å².